The molecule has 0 bridgehead atoms. The van der Waals surface area contributed by atoms with Crippen LogP contribution in [0.4, 0.5) is 60.5 Å². The standard InChI is InChI=1S/C78H70BF6N3/c1-73(2,3)54-41-55(74(4,5)6)44-58(43-54)86-68-29-17-14-26-63(68)79-64-27-15-18-30-69(64)87(59-45-56(75(7,8)9)42-57(46-59)76(10,11)12)71-40-51(39-70(86)72(71)79)49-32-34-67-62(38-49)60-25-13-16-28-65(60)88(67)66-33-31-48(47-21-19-23-52(35-47)77(80,81)82)37-61(66)50-22-20-24-53(36-50)78(83,84)85/h13-46H,1-12H3. The zero-order chi connectivity index (χ0) is 62.4. The average molecular weight is 1170 g/mol. The third kappa shape index (κ3) is 10.2. The molecule has 2 aliphatic heterocycles. The van der Waals surface area contributed by atoms with Crippen LogP contribution >= 0.6 is 0 Å². The van der Waals surface area contributed by atoms with Crippen molar-refractivity contribution in [2.45, 2.75) is 117 Å². The van der Waals surface area contributed by atoms with Crippen LogP contribution in [0.3, 0.4) is 0 Å². The summed E-state index contributed by atoms with van der Waals surface area (Å²) in [4.78, 5) is 5.00. The Morgan fingerprint density at radius 3 is 1.22 bits per heavy atom. The molecule has 88 heavy (non-hydrogen) atoms. The molecular formula is C78H70BF6N3. The van der Waals surface area contributed by atoms with Gasteiger partial charge in [0.15, 0.2) is 0 Å². The molecule has 10 aromatic carbocycles. The summed E-state index contributed by atoms with van der Waals surface area (Å²) >= 11 is 0. The Hall–Kier alpha value is -8.76. The Morgan fingerprint density at radius 2 is 0.716 bits per heavy atom. The van der Waals surface area contributed by atoms with Crippen molar-refractivity contribution in [2.75, 3.05) is 9.80 Å². The van der Waals surface area contributed by atoms with E-state index in [1.807, 2.05) is 24.3 Å². The zero-order valence-corrected chi connectivity index (χ0v) is 51.8. The van der Waals surface area contributed by atoms with Gasteiger partial charge in [-0.05, 0) is 191 Å². The van der Waals surface area contributed by atoms with E-state index in [1.165, 1.54) is 50.8 Å². The van der Waals surface area contributed by atoms with Gasteiger partial charge in [-0.15, -0.1) is 0 Å². The second-order valence-corrected chi connectivity index (χ2v) is 28.2. The first-order chi connectivity index (χ1) is 41.4. The number of fused-ring (bicyclic) bond motifs is 7. The molecule has 0 N–H and O–H groups in total. The van der Waals surface area contributed by atoms with Gasteiger partial charge in [-0.3, -0.25) is 0 Å². The van der Waals surface area contributed by atoms with Crippen LogP contribution in [0.25, 0.3) is 60.9 Å². The van der Waals surface area contributed by atoms with Gasteiger partial charge in [-0.25, -0.2) is 0 Å². The summed E-state index contributed by atoms with van der Waals surface area (Å²) in [5.41, 5.74) is 18.3. The van der Waals surface area contributed by atoms with Crippen LogP contribution in [0.2, 0.25) is 0 Å². The van der Waals surface area contributed by atoms with Gasteiger partial charge in [-0.2, -0.15) is 26.3 Å². The second-order valence-electron chi connectivity index (χ2n) is 28.2. The molecule has 0 radical (unpaired) electrons. The second kappa shape index (κ2) is 20.4. The summed E-state index contributed by atoms with van der Waals surface area (Å²) in [7, 11) is 0. The van der Waals surface area contributed by atoms with Crippen molar-refractivity contribution in [2.24, 2.45) is 0 Å². The van der Waals surface area contributed by atoms with Crippen LogP contribution in [0.1, 0.15) is 116 Å². The lowest BCUT2D eigenvalue weighted by atomic mass is 9.33. The number of alkyl halides is 6. The molecule has 0 saturated heterocycles. The first-order valence-electron chi connectivity index (χ1n) is 30.2. The lowest BCUT2D eigenvalue weighted by Crippen LogP contribution is -2.61. The van der Waals surface area contributed by atoms with Gasteiger partial charge in [0.2, 0.25) is 0 Å². The van der Waals surface area contributed by atoms with Crippen molar-refractivity contribution >= 4 is 79.0 Å². The van der Waals surface area contributed by atoms with E-state index in [0.29, 0.717) is 16.8 Å². The van der Waals surface area contributed by atoms with Crippen molar-refractivity contribution in [1.29, 1.82) is 0 Å². The van der Waals surface area contributed by atoms with Crippen molar-refractivity contribution < 1.29 is 26.3 Å². The summed E-state index contributed by atoms with van der Waals surface area (Å²) < 4.78 is 88.3. The van der Waals surface area contributed by atoms with Gasteiger partial charge < -0.3 is 14.4 Å². The minimum Gasteiger partial charge on any atom is -0.311 e. The number of halogens is 6. The van der Waals surface area contributed by atoms with Crippen molar-refractivity contribution in [3.05, 3.63) is 240 Å². The molecule has 0 fully saturated rings. The number of rotatable bonds is 6. The third-order valence-electron chi connectivity index (χ3n) is 18.0. The molecule has 13 rings (SSSR count). The van der Waals surface area contributed by atoms with Gasteiger partial charge in [0.1, 0.15) is 0 Å². The number of hydrogen-bond donors (Lipinski definition) is 0. The number of para-hydroxylation sites is 3. The number of aromatic nitrogens is 1. The average Bonchev–Trinajstić information content (AvgIpc) is 0.726. The topological polar surface area (TPSA) is 11.4 Å². The van der Waals surface area contributed by atoms with Gasteiger partial charge in [0, 0.05) is 50.5 Å². The maximum Gasteiger partial charge on any atom is 0.416 e. The number of hydrogen-bond acceptors (Lipinski definition) is 2. The number of anilines is 6. The Morgan fingerprint density at radius 1 is 0.295 bits per heavy atom. The minimum atomic E-state index is -4.65. The van der Waals surface area contributed by atoms with Crippen LogP contribution < -0.4 is 26.2 Å². The molecule has 2 aliphatic rings. The fourth-order valence-electron chi connectivity index (χ4n) is 13.1. The number of benzene rings is 10. The Bertz CT molecular complexity index is 4400. The third-order valence-corrected chi connectivity index (χ3v) is 18.0. The summed E-state index contributed by atoms with van der Waals surface area (Å²) in [6, 6.07) is 66.7. The maximum atomic E-state index is 14.6. The Labute approximate surface area is 513 Å². The van der Waals surface area contributed by atoms with E-state index in [4.69, 9.17) is 0 Å². The fourth-order valence-corrected chi connectivity index (χ4v) is 13.1. The van der Waals surface area contributed by atoms with Gasteiger partial charge in [-0.1, -0.05) is 186 Å². The van der Waals surface area contributed by atoms with Gasteiger partial charge in [0.25, 0.3) is 6.71 Å². The first kappa shape index (κ1) is 58.3. The van der Waals surface area contributed by atoms with Crippen molar-refractivity contribution in [1.82, 2.24) is 4.57 Å². The smallest absolute Gasteiger partial charge is 0.311 e. The largest absolute Gasteiger partial charge is 0.416 e. The summed E-state index contributed by atoms with van der Waals surface area (Å²) in [5.74, 6) is 0. The van der Waals surface area contributed by atoms with E-state index in [2.05, 4.69) is 219 Å². The van der Waals surface area contributed by atoms with Gasteiger partial charge >= 0.3 is 12.4 Å². The Kier molecular flexibility index (Phi) is 13.5. The van der Waals surface area contributed by atoms with Crippen molar-refractivity contribution in [3.63, 3.8) is 0 Å². The summed E-state index contributed by atoms with van der Waals surface area (Å²) in [6.45, 7) is 27.2. The minimum absolute atomic E-state index is 0.119. The normalized spacial score (nSPS) is 13.7. The lowest BCUT2D eigenvalue weighted by Gasteiger charge is -2.45. The molecule has 1 aromatic heterocycles. The van der Waals surface area contributed by atoms with Crippen LogP contribution in [-0.2, 0) is 34.0 Å². The predicted molar refractivity (Wildman–Crippen MR) is 356 cm³/mol. The highest BCUT2D eigenvalue weighted by atomic mass is 19.4. The van der Waals surface area contributed by atoms with Gasteiger partial charge in [0.05, 0.1) is 27.8 Å². The first-order valence-corrected chi connectivity index (χ1v) is 30.2. The van der Waals surface area contributed by atoms with E-state index in [9.17, 15) is 26.3 Å². The molecule has 11 aromatic rings. The molecule has 0 aliphatic carbocycles. The van der Waals surface area contributed by atoms with Crippen LogP contribution in [0, 0.1) is 0 Å². The van der Waals surface area contributed by atoms with E-state index in [-0.39, 0.29) is 39.5 Å². The lowest BCUT2D eigenvalue weighted by molar-refractivity contribution is -0.138. The molecule has 0 saturated carbocycles. The highest BCUT2D eigenvalue weighted by Crippen LogP contribution is 2.50. The van der Waals surface area contributed by atoms with E-state index < -0.39 is 23.5 Å². The predicted octanol–water partition coefficient (Wildman–Crippen LogP) is 21.1. The molecule has 0 unspecified atom stereocenters. The molecular weight excluding hydrogens is 1100 g/mol. The maximum absolute atomic E-state index is 14.6. The molecule has 0 spiro atoms. The Balaban J connectivity index is 1.10. The van der Waals surface area contributed by atoms with Crippen LogP contribution in [0.5, 0.6) is 0 Å². The number of nitrogens with zero attached hydrogens (tertiary/aromatic N) is 3. The molecule has 0 amide bonds. The highest BCUT2D eigenvalue weighted by Gasteiger charge is 2.44. The quantitative estimate of drug-likeness (QED) is 0.121. The molecule has 0 atom stereocenters. The van der Waals surface area contributed by atoms with E-state index in [0.717, 1.165) is 91.3 Å². The molecule has 3 heterocycles. The SMILES string of the molecule is CC(C)(C)c1cc(N2c3ccccc3B3c4ccccc4N(c4cc(C(C)(C)C)cc(C(C)(C)C)c4)c4cc(-c5ccc6c(c5)c5ccccc5n6-c5ccc(-c6cccc(C(F)(F)F)c6)cc5-c5cccc(C(F)(F)F)c5)cc2c43)cc(C(C)(C)C)c1. The monoisotopic (exact) mass is 1170 g/mol. The molecule has 10 heteroatoms. The van der Waals surface area contributed by atoms with Crippen LogP contribution in [0.15, 0.2) is 206 Å². The summed E-state index contributed by atoms with van der Waals surface area (Å²) in [5, 5.41) is 1.84. The fraction of sp³-hybridized carbons (Fsp3) is 0.231. The zero-order valence-electron chi connectivity index (χ0n) is 51.8. The highest BCUT2D eigenvalue weighted by molar-refractivity contribution is 7.00. The van der Waals surface area contributed by atoms with E-state index >= 15 is 0 Å². The molecule has 442 valence electrons. The van der Waals surface area contributed by atoms with E-state index in [1.54, 1.807) is 24.3 Å². The van der Waals surface area contributed by atoms with Crippen molar-refractivity contribution in [3.8, 4) is 39.1 Å². The molecule has 3 nitrogen and oxygen atoms in total. The summed E-state index contributed by atoms with van der Waals surface area (Å²) in [6.07, 6.45) is -9.25. The van der Waals surface area contributed by atoms with Crippen LogP contribution in [-0.4, -0.2) is 11.3 Å².